The molecule has 0 aromatic carbocycles. The van der Waals surface area contributed by atoms with E-state index in [1.54, 1.807) is 4.57 Å². The predicted octanol–water partition coefficient (Wildman–Crippen LogP) is 1.28. The van der Waals surface area contributed by atoms with Crippen molar-refractivity contribution in [3.63, 3.8) is 0 Å². The number of aryl methyl sites for hydroxylation is 2. The van der Waals surface area contributed by atoms with Gasteiger partial charge in [-0.05, 0) is 12.8 Å². The van der Waals surface area contributed by atoms with Crippen LogP contribution in [0.15, 0.2) is 14.4 Å². The van der Waals surface area contributed by atoms with E-state index in [9.17, 15) is 19.5 Å². The van der Waals surface area contributed by atoms with Crippen LogP contribution in [0.1, 0.15) is 51.5 Å². The van der Waals surface area contributed by atoms with Crippen LogP contribution >= 0.6 is 0 Å². The molecule has 1 N–H and O–H groups in total. The van der Waals surface area contributed by atoms with Gasteiger partial charge in [-0.1, -0.05) is 39.5 Å². The molecular formula is C19H27N5O4. The number of nitrogens with zero attached hydrogens (tertiary/aromatic N) is 5. The maximum atomic E-state index is 13.1. The van der Waals surface area contributed by atoms with E-state index >= 15 is 0 Å². The summed E-state index contributed by atoms with van der Waals surface area (Å²) in [4.78, 5) is 42.6. The first-order chi connectivity index (χ1) is 13.3. The third kappa shape index (κ3) is 2.94. The molecular weight excluding hydrogens is 362 g/mol. The van der Waals surface area contributed by atoms with Crippen LogP contribution in [0.2, 0.25) is 0 Å². The molecule has 0 saturated heterocycles. The maximum absolute atomic E-state index is 13.1. The highest BCUT2D eigenvalue weighted by Crippen LogP contribution is 2.21. The van der Waals surface area contributed by atoms with E-state index < -0.39 is 16.8 Å². The third-order valence-electron chi connectivity index (χ3n) is 5.20. The molecule has 3 aromatic rings. The first kappa shape index (κ1) is 19.9. The molecule has 9 nitrogen and oxygen atoms in total. The van der Waals surface area contributed by atoms with Crippen molar-refractivity contribution < 1.29 is 5.11 Å². The second kappa shape index (κ2) is 7.65. The van der Waals surface area contributed by atoms with Crippen molar-refractivity contribution in [2.75, 3.05) is 0 Å². The topological polar surface area (TPSA) is 104 Å². The molecule has 152 valence electrons. The summed E-state index contributed by atoms with van der Waals surface area (Å²) in [6.45, 7) is 4.51. The molecule has 28 heavy (non-hydrogen) atoms. The molecule has 0 aliphatic rings. The number of imidazole rings is 1. The monoisotopic (exact) mass is 389 g/mol. The molecule has 9 heteroatoms. The van der Waals surface area contributed by atoms with Crippen molar-refractivity contribution in [1.29, 1.82) is 0 Å². The lowest BCUT2D eigenvalue weighted by atomic mass is 10.1. The number of hydrogen-bond donors (Lipinski definition) is 1. The van der Waals surface area contributed by atoms with Crippen LogP contribution in [0.3, 0.4) is 0 Å². The van der Waals surface area contributed by atoms with Crippen LogP contribution in [0.5, 0.6) is 5.88 Å². The van der Waals surface area contributed by atoms with Gasteiger partial charge in [0.15, 0.2) is 11.2 Å². The number of unbranched alkanes of at least 4 members (excludes halogenated alkanes) is 3. The first-order valence-electron chi connectivity index (χ1n) is 9.77. The van der Waals surface area contributed by atoms with Crippen molar-refractivity contribution >= 4 is 16.9 Å². The summed E-state index contributed by atoms with van der Waals surface area (Å²) in [6.07, 6.45) is 5.01. The Labute approximate surface area is 161 Å². The molecule has 0 saturated carbocycles. The van der Waals surface area contributed by atoms with Gasteiger partial charge in [0.2, 0.25) is 11.7 Å². The number of aromatic nitrogens is 5. The van der Waals surface area contributed by atoms with Gasteiger partial charge in [0.1, 0.15) is 0 Å². The molecule has 0 radical (unpaired) electrons. The molecule has 3 rings (SSSR count). The second-order valence-electron chi connectivity index (χ2n) is 7.19. The van der Waals surface area contributed by atoms with Crippen molar-refractivity contribution in [2.45, 2.75) is 58.9 Å². The second-order valence-corrected chi connectivity index (χ2v) is 7.19. The first-order valence-corrected chi connectivity index (χ1v) is 9.77. The Kier molecular flexibility index (Phi) is 5.44. The fourth-order valence-electron chi connectivity index (χ4n) is 3.62. The molecule has 0 atom stereocenters. The largest absolute Gasteiger partial charge is 0.494 e. The molecule has 3 heterocycles. The van der Waals surface area contributed by atoms with Gasteiger partial charge in [0.05, 0.1) is 5.56 Å². The Balaban J connectivity index is 2.43. The highest BCUT2D eigenvalue weighted by molar-refractivity contribution is 5.75. The van der Waals surface area contributed by atoms with Gasteiger partial charge in [0.25, 0.3) is 11.1 Å². The fourth-order valence-corrected chi connectivity index (χ4v) is 3.62. The van der Waals surface area contributed by atoms with E-state index in [2.05, 4.69) is 11.9 Å². The Hall–Kier alpha value is -2.84. The van der Waals surface area contributed by atoms with E-state index in [1.807, 2.05) is 6.92 Å². The molecule has 0 unspecified atom stereocenters. The van der Waals surface area contributed by atoms with Crippen LogP contribution in [-0.4, -0.2) is 28.2 Å². The number of fused-ring (bicyclic) bond motifs is 3. The van der Waals surface area contributed by atoms with E-state index in [0.717, 1.165) is 30.3 Å². The van der Waals surface area contributed by atoms with E-state index in [-0.39, 0.29) is 28.4 Å². The summed E-state index contributed by atoms with van der Waals surface area (Å²) >= 11 is 0. The molecule has 0 aliphatic carbocycles. The Morgan fingerprint density at radius 3 is 2.29 bits per heavy atom. The quantitative estimate of drug-likeness (QED) is 0.613. The van der Waals surface area contributed by atoms with Gasteiger partial charge < -0.3 is 5.11 Å². The third-order valence-corrected chi connectivity index (χ3v) is 5.20. The average Bonchev–Trinajstić information content (AvgIpc) is 3.08. The zero-order chi connectivity index (χ0) is 20.6. The molecule has 0 amide bonds. The lowest BCUT2D eigenvalue weighted by Gasteiger charge is -2.14. The smallest absolute Gasteiger partial charge is 0.332 e. The summed E-state index contributed by atoms with van der Waals surface area (Å²) in [5.74, 6) is 0.0835. The average molecular weight is 389 g/mol. The Morgan fingerprint density at radius 1 is 0.929 bits per heavy atom. The zero-order valence-corrected chi connectivity index (χ0v) is 16.9. The predicted molar refractivity (Wildman–Crippen MR) is 107 cm³/mol. The van der Waals surface area contributed by atoms with Crippen molar-refractivity contribution in [2.24, 2.45) is 14.1 Å². The van der Waals surface area contributed by atoms with E-state index in [4.69, 9.17) is 0 Å². The maximum Gasteiger partial charge on any atom is 0.332 e. The number of rotatable bonds is 7. The summed E-state index contributed by atoms with van der Waals surface area (Å²) < 4.78 is 5.06. The van der Waals surface area contributed by atoms with Gasteiger partial charge in [0, 0.05) is 20.6 Å². The van der Waals surface area contributed by atoms with Crippen molar-refractivity contribution in [3.05, 3.63) is 36.8 Å². The lowest BCUT2D eigenvalue weighted by Crippen LogP contribution is -2.38. The highest BCUT2D eigenvalue weighted by Gasteiger charge is 2.23. The minimum atomic E-state index is -0.576. The minimum absolute atomic E-state index is 0.0595. The minimum Gasteiger partial charge on any atom is -0.494 e. The van der Waals surface area contributed by atoms with Crippen LogP contribution < -0.4 is 16.8 Å². The van der Waals surface area contributed by atoms with Crippen LogP contribution in [0.25, 0.3) is 16.9 Å². The van der Waals surface area contributed by atoms with Crippen molar-refractivity contribution in [1.82, 2.24) is 23.1 Å². The Morgan fingerprint density at radius 2 is 1.64 bits per heavy atom. The SMILES string of the molecule is CCCCCCn1c(O)c(CCC)c(=O)n2c3c(=O)n(C)c(=O)n(C)c3nc12. The van der Waals surface area contributed by atoms with Crippen LogP contribution in [0.4, 0.5) is 0 Å². The summed E-state index contributed by atoms with van der Waals surface area (Å²) in [6, 6.07) is 0. The lowest BCUT2D eigenvalue weighted by molar-refractivity contribution is 0.397. The van der Waals surface area contributed by atoms with Crippen LogP contribution in [-0.2, 0) is 27.1 Å². The molecule has 0 aliphatic heterocycles. The summed E-state index contributed by atoms with van der Waals surface area (Å²) in [5.41, 5.74) is -1.09. The highest BCUT2D eigenvalue weighted by atomic mass is 16.3. The van der Waals surface area contributed by atoms with E-state index in [1.165, 1.54) is 23.1 Å². The molecule has 0 spiro atoms. The van der Waals surface area contributed by atoms with Crippen molar-refractivity contribution in [3.8, 4) is 5.88 Å². The molecule has 3 aromatic heterocycles. The fraction of sp³-hybridized carbons (Fsp3) is 0.579. The van der Waals surface area contributed by atoms with E-state index in [0.29, 0.717) is 19.4 Å². The summed E-state index contributed by atoms with van der Waals surface area (Å²) in [5, 5.41) is 10.8. The molecule has 0 bridgehead atoms. The van der Waals surface area contributed by atoms with Gasteiger partial charge >= 0.3 is 5.69 Å². The van der Waals surface area contributed by atoms with Crippen LogP contribution in [0, 0.1) is 0 Å². The summed E-state index contributed by atoms with van der Waals surface area (Å²) in [7, 11) is 2.89. The molecule has 0 fully saturated rings. The number of hydrogen-bond acceptors (Lipinski definition) is 5. The standard InChI is InChI=1S/C19H27N5O4/c1-5-7-8-9-11-23-15(25)12(10-6-2)16(26)24-13-14(20-18(23)24)21(3)19(28)22(4)17(13)27/h25H,5-11H2,1-4H3. The normalized spacial score (nSPS) is 11.7. The van der Waals surface area contributed by atoms with Gasteiger partial charge in [-0.15, -0.1) is 0 Å². The van der Waals surface area contributed by atoms with Gasteiger partial charge in [-0.2, -0.15) is 4.98 Å². The van der Waals surface area contributed by atoms with Gasteiger partial charge in [-0.3, -0.25) is 23.3 Å². The number of aromatic hydroxyl groups is 1. The Bertz CT molecular complexity index is 1210. The van der Waals surface area contributed by atoms with Gasteiger partial charge in [-0.25, -0.2) is 9.20 Å². The zero-order valence-electron chi connectivity index (χ0n) is 16.9.